The Labute approximate surface area is 93.0 Å². The average molecular weight is 207 g/mol. The lowest BCUT2D eigenvalue weighted by atomic mass is 10.2. The van der Waals surface area contributed by atoms with Crippen molar-refractivity contribution in [2.24, 2.45) is 0 Å². The van der Waals surface area contributed by atoms with Gasteiger partial charge in [0.1, 0.15) is 5.75 Å². The molecule has 0 spiro atoms. The number of pyridine rings is 1. The summed E-state index contributed by atoms with van der Waals surface area (Å²) in [5.74, 6) is 0.829. The fraction of sp³-hybridized carbons (Fsp3) is 0.462. The van der Waals surface area contributed by atoms with Crippen LogP contribution in [0.3, 0.4) is 0 Å². The van der Waals surface area contributed by atoms with E-state index in [4.69, 9.17) is 4.74 Å². The fourth-order valence-electron chi connectivity index (χ4n) is 1.11. The van der Waals surface area contributed by atoms with Crippen molar-refractivity contribution in [3.05, 3.63) is 29.6 Å². The second-order valence-corrected chi connectivity index (χ2v) is 2.88. The number of allylic oxidation sites excluding steroid dienone is 1. The minimum absolute atomic E-state index is 0.829. The molecule has 0 bridgehead atoms. The molecule has 0 saturated carbocycles. The van der Waals surface area contributed by atoms with E-state index in [2.05, 4.69) is 24.1 Å². The molecule has 0 atom stereocenters. The molecule has 1 aromatic rings. The van der Waals surface area contributed by atoms with Gasteiger partial charge in [-0.25, -0.2) is 0 Å². The van der Waals surface area contributed by atoms with Crippen LogP contribution in [0, 0.1) is 6.92 Å². The minimum atomic E-state index is 0.829. The van der Waals surface area contributed by atoms with Crippen molar-refractivity contribution in [3.63, 3.8) is 0 Å². The number of aryl methyl sites for hydroxylation is 1. The van der Waals surface area contributed by atoms with E-state index in [-0.39, 0.29) is 0 Å². The first-order chi connectivity index (χ1) is 7.27. The topological polar surface area (TPSA) is 22.1 Å². The van der Waals surface area contributed by atoms with Crippen molar-refractivity contribution >= 4 is 6.08 Å². The summed E-state index contributed by atoms with van der Waals surface area (Å²) in [6, 6.07) is 2.02. The van der Waals surface area contributed by atoms with Crippen LogP contribution in [0.1, 0.15) is 38.4 Å². The molecule has 0 aliphatic carbocycles. The highest BCUT2D eigenvalue weighted by molar-refractivity contribution is 5.56. The molecule has 2 heteroatoms. The molecule has 1 aromatic heterocycles. The van der Waals surface area contributed by atoms with Gasteiger partial charge in [-0.1, -0.05) is 32.9 Å². The lowest BCUT2D eigenvalue weighted by Gasteiger charge is -2.04. The van der Waals surface area contributed by atoms with Gasteiger partial charge in [0.25, 0.3) is 0 Å². The van der Waals surface area contributed by atoms with Crippen molar-refractivity contribution in [1.29, 1.82) is 0 Å². The van der Waals surface area contributed by atoms with Crippen LogP contribution in [-0.2, 0) is 0 Å². The number of rotatable bonds is 3. The number of aromatic nitrogens is 1. The zero-order valence-electron chi connectivity index (χ0n) is 10.4. The van der Waals surface area contributed by atoms with Crippen LogP contribution in [0.15, 0.2) is 18.3 Å². The van der Waals surface area contributed by atoms with Gasteiger partial charge in [-0.05, 0) is 19.4 Å². The summed E-state index contributed by atoms with van der Waals surface area (Å²) >= 11 is 0. The molecule has 0 aliphatic rings. The lowest BCUT2D eigenvalue weighted by Crippen LogP contribution is -1.90. The summed E-state index contributed by atoms with van der Waals surface area (Å²) in [5.41, 5.74) is 2.11. The Balaban J connectivity index is 0.000000921. The first kappa shape index (κ1) is 13.7. The molecule has 0 fully saturated rings. The molecule has 2 nitrogen and oxygen atoms in total. The number of hydrogen-bond donors (Lipinski definition) is 0. The van der Waals surface area contributed by atoms with Gasteiger partial charge in [-0.2, -0.15) is 0 Å². The molecule has 0 aromatic carbocycles. The van der Waals surface area contributed by atoms with Gasteiger partial charge >= 0.3 is 0 Å². The number of hydrogen-bond acceptors (Lipinski definition) is 2. The molecule has 0 amide bonds. The summed E-state index contributed by atoms with van der Waals surface area (Å²) in [6.07, 6.45) is 6.96. The van der Waals surface area contributed by atoms with Crippen LogP contribution in [-0.4, -0.2) is 12.1 Å². The zero-order valence-corrected chi connectivity index (χ0v) is 10.4. The largest absolute Gasteiger partial charge is 0.495 e. The third-order valence-electron chi connectivity index (χ3n) is 1.79. The Morgan fingerprint density at radius 2 is 2.07 bits per heavy atom. The van der Waals surface area contributed by atoms with Crippen molar-refractivity contribution in [3.8, 4) is 5.75 Å². The smallest absolute Gasteiger partial charge is 0.144 e. The van der Waals surface area contributed by atoms with Crippen molar-refractivity contribution < 1.29 is 4.74 Å². The van der Waals surface area contributed by atoms with Gasteiger partial charge in [0.2, 0.25) is 0 Å². The van der Waals surface area contributed by atoms with Crippen LogP contribution in [0.4, 0.5) is 0 Å². The molecule has 0 radical (unpaired) electrons. The molecule has 15 heavy (non-hydrogen) atoms. The fourth-order valence-corrected chi connectivity index (χ4v) is 1.11. The zero-order chi connectivity index (χ0) is 11.7. The van der Waals surface area contributed by atoms with Crippen LogP contribution in [0.5, 0.6) is 5.75 Å². The summed E-state index contributed by atoms with van der Waals surface area (Å²) < 4.78 is 5.18. The van der Waals surface area contributed by atoms with Gasteiger partial charge in [-0.15, -0.1) is 0 Å². The van der Waals surface area contributed by atoms with Gasteiger partial charge in [-0.3, -0.25) is 4.98 Å². The van der Waals surface area contributed by atoms with Crippen molar-refractivity contribution in [1.82, 2.24) is 4.98 Å². The maximum atomic E-state index is 5.18. The van der Waals surface area contributed by atoms with Crippen LogP contribution >= 0.6 is 0 Å². The van der Waals surface area contributed by atoms with E-state index in [0.29, 0.717) is 0 Å². The van der Waals surface area contributed by atoms with Gasteiger partial charge in [0.15, 0.2) is 0 Å². The minimum Gasteiger partial charge on any atom is -0.495 e. The monoisotopic (exact) mass is 207 g/mol. The summed E-state index contributed by atoms with van der Waals surface area (Å²) in [7, 11) is 1.66. The van der Waals surface area contributed by atoms with Gasteiger partial charge in [0, 0.05) is 11.3 Å². The maximum Gasteiger partial charge on any atom is 0.144 e. The first-order valence-electron chi connectivity index (χ1n) is 5.45. The van der Waals surface area contributed by atoms with Crippen LogP contribution < -0.4 is 4.74 Å². The standard InChI is InChI=1S/C11H15NO.C2H6/c1-4-5-6-10-7-9(2)12-8-11(10)13-3;1-2/h5-8H,4H2,1-3H3;1-2H3/b6-5+;. The quantitative estimate of drug-likeness (QED) is 0.751. The molecule has 1 heterocycles. The lowest BCUT2D eigenvalue weighted by molar-refractivity contribution is 0.411. The molecule has 0 N–H and O–H groups in total. The predicted molar refractivity (Wildman–Crippen MR) is 66.2 cm³/mol. The second-order valence-electron chi connectivity index (χ2n) is 2.88. The predicted octanol–water partition coefficient (Wildman–Crippen LogP) is 3.85. The Morgan fingerprint density at radius 3 is 2.60 bits per heavy atom. The number of ether oxygens (including phenoxy) is 1. The number of nitrogens with zero attached hydrogens (tertiary/aromatic N) is 1. The molecule has 84 valence electrons. The summed E-state index contributed by atoms with van der Waals surface area (Å²) in [5, 5.41) is 0. The van der Waals surface area contributed by atoms with Crippen LogP contribution in [0.25, 0.3) is 6.08 Å². The highest BCUT2D eigenvalue weighted by atomic mass is 16.5. The van der Waals surface area contributed by atoms with E-state index in [1.807, 2.05) is 26.8 Å². The highest BCUT2D eigenvalue weighted by Crippen LogP contribution is 2.19. The average Bonchev–Trinajstić information content (AvgIpc) is 2.29. The molecule has 1 rings (SSSR count). The third kappa shape index (κ3) is 4.63. The molecular weight excluding hydrogens is 186 g/mol. The molecule has 0 saturated heterocycles. The Kier molecular flexibility index (Phi) is 7.33. The van der Waals surface area contributed by atoms with E-state index in [0.717, 1.165) is 23.4 Å². The van der Waals surface area contributed by atoms with E-state index in [1.165, 1.54) is 0 Å². The third-order valence-corrected chi connectivity index (χ3v) is 1.79. The molecule has 0 aliphatic heterocycles. The van der Waals surface area contributed by atoms with Crippen molar-refractivity contribution in [2.45, 2.75) is 34.1 Å². The summed E-state index contributed by atoms with van der Waals surface area (Å²) in [4.78, 5) is 4.16. The van der Waals surface area contributed by atoms with E-state index in [1.54, 1.807) is 13.3 Å². The Morgan fingerprint density at radius 1 is 1.40 bits per heavy atom. The molecule has 0 unspecified atom stereocenters. The summed E-state index contributed by atoms with van der Waals surface area (Å²) in [6.45, 7) is 8.08. The second kappa shape index (κ2) is 8.04. The van der Waals surface area contributed by atoms with E-state index in [9.17, 15) is 0 Å². The Bertz CT molecular complexity index is 305. The maximum absolute atomic E-state index is 5.18. The first-order valence-corrected chi connectivity index (χ1v) is 5.45. The van der Waals surface area contributed by atoms with Crippen molar-refractivity contribution in [2.75, 3.05) is 7.11 Å². The normalized spacial score (nSPS) is 9.67. The van der Waals surface area contributed by atoms with E-state index < -0.39 is 0 Å². The molecular formula is C13H21NO. The SMILES string of the molecule is CC.CC/C=C/c1cc(C)ncc1OC. The Hall–Kier alpha value is -1.31. The van der Waals surface area contributed by atoms with Crippen LogP contribution in [0.2, 0.25) is 0 Å². The van der Waals surface area contributed by atoms with Gasteiger partial charge < -0.3 is 4.74 Å². The number of methoxy groups -OCH3 is 1. The van der Waals surface area contributed by atoms with E-state index >= 15 is 0 Å². The highest BCUT2D eigenvalue weighted by Gasteiger charge is 1.99. The van der Waals surface area contributed by atoms with Gasteiger partial charge in [0.05, 0.1) is 13.3 Å².